The van der Waals surface area contributed by atoms with Crippen molar-refractivity contribution in [3.63, 3.8) is 0 Å². The summed E-state index contributed by atoms with van der Waals surface area (Å²) in [5.74, 6) is 0. The zero-order valence-electron chi connectivity index (χ0n) is 19.1. The van der Waals surface area contributed by atoms with Gasteiger partial charge < -0.3 is 10.6 Å². The number of nitrogens with one attached hydrogen (secondary N) is 2. The molecule has 0 aliphatic heterocycles. The van der Waals surface area contributed by atoms with Gasteiger partial charge in [-0.3, -0.25) is 14.0 Å². The van der Waals surface area contributed by atoms with Crippen molar-refractivity contribution in [1.82, 2.24) is 29.3 Å². The van der Waals surface area contributed by atoms with Gasteiger partial charge in [-0.05, 0) is 42.4 Å². The van der Waals surface area contributed by atoms with E-state index in [0.29, 0.717) is 18.2 Å². The van der Waals surface area contributed by atoms with Crippen molar-refractivity contribution in [2.45, 2.75) is 33.5 Å². The zero-order chi connectivity index (χ0) is 23.5. The van der Waals surface area contributed by atoms with Crippen molar-refractivity contribution in [2.24, 2.45) is 0 Å². The Balaban J connectivity index is 1.19. The van der Waals surface area contributed by atoms with Crippen LogP contribution in [0.3, 0.4) is 0 Å². The molecule has 5 aromatic rings. The second-order valence-corrected chi connectivity index (χ2v) is 8.55. The minimum absolute atomic E-state index is 0.485. The lowest BCUT2D eigenvalue weighted by Crippen LogP contribution is -2.18. The van der Waals surface area contributed by atoms with Crippen LogP contribution in [0.1, 0.15) is 23.7 Å². The summed E-state index contributed by atoms with van der Waals surface area (Å²) in [6, 6.07) is 14.7. The zero-order valence-corrected chi connectivity index (χ0v) is 20.0. The molecule has 8 nitrogen and oxygen atoms in total. The van der Waals surface area contributed by atoms with Gasteiger partial charge in [-0.25, -0.2) is 0 Å². The normalized spacial score (nSPS) is 11.1. The van der Waals surface area contributed by atoms with Crippen molar-refractivity contribution >= 4 is 39.5 Å². The van der Waals surface area contributed by atoms with E-state index >= 15 is 0 Å². The van der Waals surface area contributed by atoms with E-state index in [1.807, 2.05) is 32.6 Å². The van der Waals surface area contributed by atoms with E-state index in [1.165, 1.54) is 16.3 Å². The van der Waals surface area contributed by atoms with Gasteiger partial charge in [0.2, 0.25) is 0 Å². The van der Waals surface area contributed by atoms with Crippen LogP contribution < -0.4 is 10.6 Å². The maximum Gasteiger partial charge on any atom is 0.175 e. The predicted octanol–water partition coefficient (Wildman–Crippen LogP) is 4.66. The van der Waals surface area contributed by atoms with Gasteiger partial charge in [-0.2, -0.15) is 15.3 Å². The molecule has 3 heterocycles. The van der Waals surface area contributed by atoms with Crippen molar-refractivity contribution < 1.29 is 0 Å². The molecule has 172 valence electrons. The second kappa shape index (κ2) is 9.48. The second-order valence-electron chi connectivity index (χ2n) is 8.14. The van der Waals surface area contributed by atoms with Gasteiger partial charge in [0, 0.05) is 30.2 Å². The molecule has 5 rings (SSSR count). The molecule has 2 aromatic carbocycles. The SMILES string of the molecule is CCn1ncc(Cn2cc(NC(=S)Nc3cnn(Cc4cccc5ccccc45)c3)cn2)c1C. The predicted molar refractivity (Wildman–Crippen MR) is 139 cm³/mol. The highest BCUT2D eigenvalue weighted by Gasteiger charge is 2.09. The third-order valence-corrected chi connectivity index (χ3v) is 6.04. The maximum absolute atomic E-state index is 5.49. The van der Waals surface area contributed by atoms with Crippen LogP contribution >= 0.6 is 12.2 Å². The summed E-state index contributed by atoms with van der Waals surface area (Å²) in [5, 5.41) is 22.7. The quantitative estimate of drug-likeness (QED) is 0.337. The van der Waals surface area contributed by atoms with Crippen LogP contribution in [-0.4, -0.2) is 34.5 Å². The molecule has 9 heteroatoms. The first-order valence-corrected chi connectivity index (χ1v) is 11.6. The first-order valence-electron chi connectivity index (χ1n) is 11.2. The summed E-state index contributed by atoms with van der Waals surface area (Å²) < 4.78 is 5.76. The van der Waals surface area contributed by atoms with Gasteiger partial charge in [0.1, 0.15) is 0 Å². The molecule has 0 spiro atoms. The van der Waals surface area contributed by atoms with Gasteiger partial charge in [0.15, 0.2) is 5.11 Å². The van der Waals surface area contributed by atoms with E-state index in [2.05, 4.69) is 82.2 Å². The molecule has 0 saturated heterocycles. The molecule has 0 aliphatic carbocycles. The number of hydrogen-bond donors (Lipinski definition) is 2. The number of fused-ring (bicyclic) bond motifs is 1. The molecule has 0 unspecified atom stereocenters. The van der Waals surface area contributed by atoms with Crippen molar-refractivity contribution in [3.8, 4) is 0 Å². The van der Waals surface area contributed by atoms with E-state index in [0.717, 1.165) is 29.2 Å². The van der Waals surface area contributed by atoms with Crippen LogP contribution in [0.15, 0.2) is 73.4 Å². The maximum atomic E-state index is 5.49. The van der Waals surface area contributed by atoms with Crippen molar-refractivity contribution in [2.75, 3.05) is 10.6 Å². The van der Waals surface area contributed by atoms with Gasteiger partial charge in [-0.15, -0.1) is 0 Å². The number of hydrogen-bond acceptors (Lipinski definition) is 4. The van der Waals surface area contributed by atoms with Gasteiger partial charge in [0.05, 0.1) is 43.1 Å². The summed E-state index contributed by atoms with van der Waals surface area (Å²) in [5.41, 5.74) is 5.18. The van der Waals surface area contributed by atoms with Crippen molar-refractivity contribution in [1.29, 1.82) is 0 Å². The van der Waals surface area contributed by atoms with Crippen molar-refractivity contribution in [3.05, 3.63) is 90.3 Å². The van der Waals surface area contributed by atoms with E-state index in [-0.39, 0.29) is 0 Å². The van der Waals surface area contributed by atoms with Crippen LogP contribution in [0.25, 0.3) is 10.8 Å². The monoisotopic (exact) mass is 470 g/mol. The minimum Gasteiger partial charge on any atom is -0.330 e. The Labute approximate surface area is 203 Å². The number of nitrogens with zero attached hydrogens (tertiary/aromatic N) is 6. The topological polar surface area (TPSA) is 77.5 Å². The lowest BCUT2D eigenvalue weighted by atomic mass is 10.0. The number of aryl methyl sites for hydroxylation is 1. The number of benzene rings is 2. The highest BCUT2D eigenvalue weighted by molar-refractivity contribution is 7.80. The van der Waals surface area contributed by atoms with E-state index in [9.17, 15) is 0 Å². The first kappa shape index (κ1) is 21.8. The highest BCUT2D eigenvalue weighted by atomic mass is 32.1. The van der Waals surface area contributed by atoms with Crippen LogP contribution in [-0.2, 0) is 19.6 Å². The molecule has 3 aromatic heterocycles. The summed E-state index contributed by atoms with van der Waals surface area (Å²) >= 11 is 5.49. The lowest BCUT2D eigenvalue weighted by molar-refractivity contribution is 0.633. The van der Waals surface area contributed by atoms with E-state index < -0.39 is 0 Å². The molecule has 0 bridgehead atoms. The Hall–Kier alpha value is -3.98. The average Bonchev–Trinajstić information content (AvgIpc) is 3.56. The molecular formula is C25H26N8S. The molecular weight excluding hydrogens is 444 g/mol. The Bertz CT molecular complexity index is 1440. The fraction of sp³-hybridized carbons (Fsp3) is 0.200. The van der Waals surface area contributed by atoms with Crippen LogP contribution in [0.2, 0.25) is 0 Å². The summed E-state index contributed by atoms with van der Waals surface area (Å²) in [7, 11) is 0. The number of aromatic nitrogens is 6. The largest absolute Gasteiger partial charge is 0.330 e. The molecule has 0 saturated carbocycles. The third kappa shape index (κ3) is 4.69. The lowest BCUT2D eigenvalue weighted by Gasteiger charge is -2.08. The minimum atomic E-state index is 0.485. The van der Waals surface area contributed by atoms with Gasteiger partial charge in [-0.1, -0.05) is 42.5 Å². The Morgan fingerprint density at radius 2 is 1.47 bits per heavy atom. The summed E-state index contributed by atoms with van der Waals surface area (Å²) in [6.45, 7) is 6.36. The average molecular weight is 471 g/mol. The summed E-state index contributed by atoms with van der Waals surface area (Å²) in [6.07, 6.45) is 9.32. The molecule has 0 aliphatic rings. The molecule has 0 fully saturated rings. The number of anilines is 2. The fourth-order valence-electron chi connectivity index (χ4n) is 4.06. The number of rotatable bonds is 7. The van der Waals surface area contributed by atoms with Gasteiger partial charge >= 0.3 is 0 Å². The molecule has 0 amide bonds. The Morgan fingerprint density at radius 3 is 2.15 bits per heavy atom. The van der Waals surface area contributed by atoms with Crippen LogP contribution in [0.5, 0.6) is 0 Å². The molecule has 0 atom stereocenters. The van der Waals surface area contributed by atoms with Crippen LogP contribution in [0, 0.1) is 6.92 Å². The Kier molecular flexibility index (Phi) is 6.09. The Morgan fingerprint density at radius 1 is 0.824 bits per heavy atom. The molecule has 0 radical (unpaired) electrons. The fourth-order valence-corrected chi connectivity index (χ4v) is 4.30. The first-order chi connectivity index (χ1) is 16.6. The smallest absolute Gasteiger partial charge is 0.175 e. The van der Waals surface area contributed by atoms with Crippen LogP contribution in [0.4, 0.5) is 11.4 Å². The standard InChI is InChI=1S/C25H26N8S/c1-3-33-18(2)21(11-28-33)15-32-17-23(13-27-32)30-25(34)29-22-12-26-31(16-22)14-20-9-6-8-19-7-4-5-10-24(19)20/h4-13,16-17H,3,14-15H2,1-2H3,(H2,29,30,34). The molecule has 2 N–H and O–H groups in total. The van der Waals surface area contributed by atoms with Gasteiger partial charge in [0.25, 0.3) is 0 Å². The number of thiocarbonyl (C=S) groups is 1. The molecule has 34 heavy (non-hydrogen) atoms. The highest BCUT2D eigenvalue weighted by Crippen LogP contribution is 2.20. The van der Waals surface area contributed by atoms with E-state index in [4.69, 9.17) is 12.2 Å². The third-order valence-electron chi connectivity index (χ3n) is 5.83. The van der Waals surface area contributed by atoms with E-state index in [1.54, 1.807) is 12.4 Å². The summed E-state index contributed by atoms with van der Waals surface area (Å²) in [4.78, 5) is 0.